The summed E-state index contributed by atoms with van der Waals surface area (Å²) in [6, 6.07) is 15.6. The molecule has 2 aromatic carbocycles. The molecule has 0 radical (unpaired) electrons. The predicted molar refractivity (Wildman–Crippen MR) is 146 cm³/mol. The number of nitrogens with two attached hydrogens (primary N) is 1. The standard InChI is InChI=1S/C28H39N5O6/c1-19(2)16-33(27(37)30-3)17-24(34)22(14-20-10-6-4-7-11-20)31-26(36)23(15-25(29)35)32-28(38)39-18-21-12-8-5-9-13-21/h4-13,19,22-24,34H,14-18H2,1-3H3,(H2,29,35)(H,30,37)(H,31,36)(H,32,38)/t22-,23-,24-/m0/s1. The molecule has 0 aliphatic carbocycles. The fourth-order valence-corrected chi connectivity index (χ4v) is 3.94. The lowest BCUT2D eigenvalue weighted by molar-refractivity contribution is -0.128. The van der Waals surface area contributed by atoms with Crippen LogP contribution in [0.2, 0.25) is 0 Å². The van der Waals surface area contributed by atoms with Crippen molar-refractivity contribution < 1.29 is 29.0 Å². The second kappa shape index (κ2) is 16.0. The summed E-state index contributed by atoms with van der Waals surface area (Å²) in [6.45, 7) is 4.20. The Labute approximate surface area is 229 Å². The molecule has 0 heterocycles. The Hall–Kier alpha value is -4.12. The van der Waals surface area contributed by atoms with Crippen LogP contribution in [0.15, 0.2) is 60.7 Å². The third-order valence-corrected chi connectivity index (χ3v) is 5.81. The number of benzene rings is 2. The van der Waals surface area contributed by atoms with Crippen molar-refractivity contribution in [1.82, 2.24) is 20.9 Å². The number of carbonyl (C=O) groups excluding carboxylic acids is 4. The average molecular weight is 542 g/mol. The molecule has 39 heavy (non-hydrogen) atoms. The molecule has 6 N–H and O–H groups in total. The van der Waals surface area contributed by atoms with Crippen LogP contribution in [0.3, 0.4) is 0 Å². The van der Waals surface area contributed by atoms with Crippen LogP contribution in [-0.4, -0.2) is 72.3 Å². The summed E-state index contributed by atoms with van der Waals surface area (Å²) in [5, 5.41) is 18.9. The van der Waals surface area contributed by atoms with Crippen LogP contribution in [0.1, 0.15) is 31.4 Å². The van der Waals surface area contributed by atoms with Crippen molar-refractivity contribution in [3.05, 3.63) is 71.8 Å². The molecule has 0 bridgehead atoms. The molecule has 0 unspecified atom stereocenters. The number of hydrogen-bond acceptors (Lipinski definition) is 6. The fraction of sp³-hybridized carbons (Fsp3) is 0.429. The number of alkyl carbamates (subject to hydrolysis) is 1. The maximum atomic E-state index is 13.3. The number of aliphatic hydroxyl groups is 1. The number of ether oxygens (including phenoxy) is 1. The van der Waals surface area contributed by atoms with Gasteiger partial charge in [-0.3, -0.25) is 9.59 Å². The van der Waals surface area contributed by atoms with Crippen molar-refractivity contribution in [2.75, 3.05) is 20.1 Å². The third kappa shape index (κ3) is 11.4. The van der Waals surface area contributed by atoms with Gasteiger partial charge in [-0.1, -0.05) is 74.5 Å². The first kappa shape index (κ1) is 31.1. The molecule has 3 atom stereocenters. The summed E-state index contributed by atoms with van der Waals surface area (Å²) in [5.74, 6) is -1.38. The van der Waals surface area contributed by atoms with Crippen molar-refractivity contribution in [1.29, 1.82) is 0 Å². The summed E-state index contributed by atoms with van der Waals surface area (Å²) in [4.78, 5) is 51.2. The van der Waals surface area contributed by atoms with E-state index in [1.807, 2.05) is 50.2 Å². The number of amides is 5. The van der Waals surface area contributed by atoms with Gasteiger partial charge in [-0.05, 0) is 23.5 Å². The number of hydrogen-bond donors (Lipinski definition) is 5. The number of nitrogens with zero attached hydrogens (tertiary/aromatic N) is 1. The maximum absolute atomic E-state index is 13.3. The molecule has 0 spiro atoms. The SMILES string of the molecule is CNC(=O)N(CC(C)C)C[C@H](O)[C@H](Cc1ccccc1)NC(=O)[C@H](CC(N)=O)NC(=O)OCc1ccccc1. The number of rotatable bonds is 14. The van der Waals surface area contributed by atoms with Gasteiger partial charge in [-0.15, -0.1) is 0 Å². The smallest absolute Gasteiger partial charge is 0.408 e. The zero-order chi connectivity index (χ0) is 28.8. The third-order valence-electron chi connectivity index (χ3n) is 5.81. The first-order valence-electron chi connectivity index (χ1n) is 12.8. The molecule has 0 fully saturated rings. The first-order valence-corrected chi connectivity index (χ1v) is 12.8. The van der Waals surface area contributed by atoms with Gasteiger partial charge in [-0.2, -0.15) is 0 Å². The van der Waals surface area contributed by atoms with E-state index >= 15 is 0 Å². The van der Waals surface area contributed by atoms with Crippen molar-refractivity contribution in [3.63, 3.8) is 0 Å². The summed E-state index contributed by atoms with van der Waals surface area (Å²) in [5.41, 5.74) is 6.91. The van der Waals surface area contributed by atoms with Gasteiger partial charge in [0.2, 0.25) is 11.8 Å². The quantitative estimate of drug-likeness (QED) is 0.244. The second-order valence-electron chi connectivity index (χ2n) is 9.66. The highest BCUT2D eigenvalue weighted by atomic mass is 16.5. The van der Waals surface area contributed by atoms with Crippen molar-refractivity contribution in [2.45, 2.75) is 51.5 Å². The molecular formula is C28H39N5O6. The van der Waals surface area contributed by atoms with E-state index in [4.69, 9.17) is 10.5 Å². The molecule has 2 rings (SSSR count). The highest BCUT2D eigenvalue weighted by Crippen LogP contribution is 2.11. The Kier molecular flexibility index (Phi) is 12.7. The molecule has 11 nitrogen and oxygen atoms in total. The van der Waals surface area contributed by atoms with E-state index < -0.39 is 42.5 Å². The van der Waals surface area contributed by atoms with E-state index in [-0.39, 0.29) is 31.5 Å². The van der Waals surface area contributed by atoms with Crippen LogP contribution in [0.25, 0.3) is 0 Å². The lowest BCUT2D eigenvalue weighted by atomic mass is 9.99. The van der Waals surface area contributed by atoms with Crippen LogP contribution in [0, 0.1) is 5.92 Å². The highest BCUT2D eigenvalue weighted by Gasteiger charge is 2.30. The molecule has 5 amide bonds. The van der Waals surface area contributed by atoms with Gasteiger partial charge >= 0.3 is 12.1 Å². The summed E-state index contributed by atoms with van der Waals surface area (Å²) >= 11 is 0. The average Bonchev–Trinajstić information content (AvgIpc) is 2.90. The second-order valence-corrected chi connectivity index (χ2v) is 9.66. The van der Waals surface area contributed by atoms with Crippen molar-refractivity contribution in [2.24, 2.45) is 11.7 Å². The molecule has 212 valence electrons. The van der Waals surface area contributed by atoms with E-state index in [0.29, 0.717) is 6.54 Å². The van der Waals surface area contributed by atoms with Crippen LogP contribution in [0.4, 0.5) is 9.59 Å². The Morgan fingerprint density at radius 3 is 2.05 bits per heavy atom. The summed E-state index contributed by atoms with van der Waals surface area (Å²) in [7, 11) is 1.50. The van der Waals surface area contributed by atoms with Crippen LogP contribution < -0.4 is 21.7 Å². The van der Waals surface area contributed by atoms with Gasteiger partial charge in [0.15, 0.2) is 0 Å². The van der Waals surface area contributed by atoms with Gasteiger partial charge < -0.3 is 36.4 Å². The number of nitrogens with one attached hydrogen (secondary N) is 3. The largest absolute Gasteiger partial charge is 0.445 e. The van der Waals surface area contributed by atoms with Crippen LogP contribution in [-0.2, 0) is 27.4 Å². The first-order chi connectivity index (χ1) is 18.6. The number of carbonyl (C=O) groups is 4. The lowest BCUT2D eigenvalue weighted by Gasteiger charge is -2.31. The molecule has 0 aliphatic rings. The highest BCUT2D eigenvalue weighted by molar-refractivity contribution is 5.90. The summed E-state index contributed by atoms with van der Waals surface area (Å²) in [6.07, 6.45) is -2.30. The normalized spacial score (nSPS) is 13.1. The molecule has 0 saturated heterocycles. The van der Waals surface area contributed by atoms with E-state index in [2.05, 4.69) is 16.0 Å². The number of urea groups is 1. The van der Waals surface area contributed by atoms with Crippen LogP contribution >= 0.6 is 0 Å². The zero-order valence-electron chi connectivity index (χ0n) is 22.6. The summed E-state index contributed by atoms with van der Waals surface area (Å²) < 4.78 is 5.18. The monoisotopic (exact) mass is 541 g/mol. The molecule has 11 heteroatoms. The van der Waals surface area contributed by atoms with Gasteiger partial charge in [0.1, 0.15) is 12.6 Å². The van der Waals surface area contributed by atoms with Crippen molar-refractivity contribution in [3.8, 4) is 0 Å². The van der Waals surface area contributed by atoms with Gasteiger partial charge in [0.05, 0.1) is 25.1 Å². The van der Waals surface area contributed by atoms with Crippen LogP contribution in [0.5, 0.6) is 0 Å². The lowest BCUT2D eigenvalue weighted by Crippen LogP contribution is -2.56. The topological polar surface area (TPSA) is 163 Å². The molecular weight excluding hydrogens is 502 g/mol. The zero-order valence-corrected chi connectivity index (χ0v) is 22.6. The Balaban J connectivity index is 2.17. The van der Waals surface area contributed by atoms with Gasteiger partial charge in [0, 0.05) is 13.6 Å². The number of primary amides is 1. The minimum absolute atomic E-state index is 0.0297. The van der Waals surface area contributed by atoms with E-state index in [1.165, 1.54) is 11.9 Å². The molecule has 0 aromatic heterocycles. The van der Waals surface area contributed by atoms with E-state index in [1.54, 1.807) is 24.3 Å². The van der Waals surface area contributed by atoms with Crippen molar-refractivity contribution >= 4 is 23.9 Å². The predicted octanol–water partition coefficient (Wildman–Crippen LogP) is 1.54. The van der Waals surface area contributed by atoms with Gasteiger partial charge in [0.25, 0.3) is 0 Å². The van der Waals surface area contributed by atoms with Gasteiger partial charge in [-0.25, -0.2) is 9.59 Å². The van der Waals surface area contributed by atoms with E-state index in [9.17, 15) is 24.3 Å². The maximum Gasteiger partial charge on any atom is 0.408 e. The number of aliphatic hydroxyl groups excluding tert-OH is 1. The Morgan fingerprint density at radius 2 is 1.51 bits per heavy atom. The fourth-order valence-electron chi connectivity index (χ4n) is 3.94. The molecule has 2 aromatic rings. The molecule has 0 aliphatic heterocycles. The minimum atomic E-state index is -1.33. The molecule has 0 saturated carbocycles. The Bertz CT molecular complexity index is 1070. The minimum Gasteiger partial charge on any atom is -0.445 e. The van der Waals surface area contributed by atoms with E-state index in [0.717, 1.165) is 11.1 Å². The Morgan fingerprint density at radius 1 is 0.923 bits per heavy atom.